The third-order valence-electron chi connectivity index (χ3n) is 10.1. The second kappa shape index (κ2) is 24.6. The molecular formula is C48H67N3O3Si2. The molecule has 0 aromatic heterocycles. The first kappa shape index (κ1) is 46.4. The van der Waals surface area contributed by atoms with Crippen LogP contribution in [0.4, 0.5) is 0 Å². The second-order valence-corrected chi connectivity index (χ2v) is 24.8. The number of hydrogen-bond acceptors (Lipinski definition) is 4. The van der Waals surface area contributed by atoms with Crippen molar-refractivity contribution < 1.29 is 14.0 Å². The summed E-state index contributed by atoms with van der Waals surface area (Å²) < 4.78 is 13.7. The highest BCUT2D eigenvalue weighted by atomic mass is 28.4. The van der Waals surface area contributed by atoms with Gasteiger partial charge in [0.15, 0.2) is 0 Å². The van der Waals surface area contributed by atoms with Crippen LogP contribution in [-0.2, 0) is 8.85 Å². The molecule has 0 atom stereocenters. The maximum Gasteiger partial charge on any atom is 0.261 e. The van der Waals surface area contributed by atoms with Gasteiger partial charge in [-0.05, 0) is 87.7 Å². The molecule has 4 rings (SSSR count). The summed E-state index contributed by atoms with van der Waals surface area (Å²) >= 11 is 0. The zero-order valence-electron chi connectivity index (χ0n) is 34.9. The summed E-state index contributed by atoms with van der Waals surface area (Å²) in [6, 6.07) is 43.1. The van der Waals surface area contributed by atoms with Gasteiger partial charge in [-0.1, -0.05) is 192 Å². The van der Waals surface area contributed by atoms with E-state index in [2.05, 4.69) is 197 Å². The van der Waals surface area contributed by atoms with E-state index in [9.17, 15) is 0 Å². The van der Waals surface area contributed by atoms with Crippen LogP contribution in [0.5, 0.6) is 0 Å². The summed E-state index contributed by atoms with van der Waals surface area (Å²) in [5, 5.41) is 17.8. The summed E-state index contributed by atoms with van der Waals surface area (Å²) in [5.41, 5.74) is 8.29. The first-order valence-corrected chi connectivity index (χ1v) is 24.3. The van der Waals surface area contributed by atoms with Gasteiger partial charge in [-0.3, -0.25) is 0 Å². The molecule has 0 aliphatic heterocycles. The topological polar surface area (TPSA) is 87.5 Å². The van der Waals surface area contributed by atoms with Crippen molar-refractivity contribution in [2.45, 2.75) is 103 Å². The average molecular weight is 790 g/mol. The lowest BCUT2D eigenvalue weighted by Gasteiger charge is -2.43. The Balaban J connectivity index is 0.000000301. The monoisotopic (exact) mass is 789 g/mol. The smallest absolute Gasteiger partial charge is 0.261 e. The second-order valence-electron chi connectivity index (χ2n) is 16.2. The minimum absolute atomic E-state index is 0.0146. The van der Waals surface area contributed by atoms with Crippen LogP contribution in [0.3, 0.4) is 0 Å². The number of benzene rings is 4. The molecule has 4 aromatic rings. The van der Waals surface area contributed by atoms with E-state index < -0.39 is 16.6 Å². The molecule has 1 N–H and O–H groups in total. The molecule has 6 nitrogen and oxygen atoms in total. The quantitative estimate of drug-likeness (QED) is 0.0228. The molecule has 0 saturated heterocycles. The van der Waals surface area contributed by atoms with Crippen molar-refractivity contribution in [3.63, 3.8) is 0 Å². The molecule has 0 aliphatic rings. The van der Waals surface area contributed by atoms with E-state index in [0.717, 1.165) is 58.0 Å². The number of hydrogen-bond donors (Lipinski definition) is 1. The van der Waals surface area contributed by atoms with Gasteiger partial charge in [0.2, 0.25) is 0 Å². The number of allylic oxidation sites excluding steroid dienone is 2. The van der Waals surface area contributed by atoms with E-state index in [4.69, 9.17) is 19.5 Å². The Morgan fingerprint density at radius 1 is 0.518 bits per heavy atom. The van der Waals surface area contributed by atoms with Gasteiger partial charge in [-0.15, -0.1) is 0 Å². The van der Waals surface area contributed by atoms with Crippen LogP contribution in [0.15, 0.2) is 151 Å². The average Bonchev–Trinajstić information content (AvgIpc) is 3.20. The van der Waals surface area contributed by atoms with Crippen LogP contribution < -0.4 is 20.7 Å². The molecule has 0 bridgehead atoms. The summed E-state index contributed by atoms with van der Waals surface area (Å²) in [4.78, 5) is 2.78. The van der Waals surface area contributed by atoms with Crippen LogP contribution >= 0.6 is 0 Å². The highest BCUT2D eigenvalue weighted by Gasteiger charge is 2.51. The van der Waals surface area contributed by atoms with E-state index in [1.807, 2.05) is 0 Å². The zero-order valence-corrected chi connectivity index (χ0v) is 36.9. The zero-order chi connectivity index (χ0) is 40.6. The van der Waals surface area contributed by atoms with Gasteiger partial charge in [-0.25, -0.2) is 0 Å². The van der Waals surface area contributed by atoms with Gasteiger partial charge in [0.05, 0.1) is 0 Å². The minimum Gasteiger partial charge on any atom is -0.407 e. The summed E-state index contributed by atoms with van der Waals surface area (Å²) in [7, 11) is -4.82. The molecule has 0 unspecified atom stereocenters. The maximum atomic E-state index is 8.85. The van der Waals surface area contributed by atoms with Gasteiger partial charge >= 0.3 is 0 Å². The van der Waals surface area contributed by atoms with Gasteiger partial charge in [0, 0.05) is 31.3 Å². The Labute approximate surface area is 340 Å². The van der Waals surface area contributed by atoms with Gasteiger partial charge < -0.3 is 14.0 Å². The van der Waals surface area contributed by atoms with Crippen molar-refractivity contribution in [1.29, 1.82) is 0 Å². The summed E-state index contributed by atoms with van der Waals surface area (Å²) in [6.45, 7) is 16.1. The van der Waals surface area contributed by atoms with Crippen molar-refractivity contribution in [3.05, 3.63) is 156 Å². The predicted octanol–water partition coefficient (Wildman–Crippen LogP) is 10.7. The van der Waals surface area contributed by atoms with Crippen LogP contribution in [0, 0.1) is 0 Å². The van der Waals surface area contributed by atoms with Gasteiger partial charge in [0.25, 0.3) is 16.6 Å². The Bertz CT molecular complexity index is 1650. The van der Waals surface area contributed by atoms with E-state index in [0.29, 0.717) is 13.2 Å². The number of nitrogens with zero attached hydrogens (tertiary/aromatic N) is 3. The highest BCUT2D eigenvalue weighted by molar-refractivity contribution is 7.00. The number of azide groups is 1. The largest absolute Gasteiger partial charge is 0.407 e. The lowest BCUT2D eigenvalue weighted by molar-refractivity contribution is 0.285. The van der Waals surface area contributed by atoms with E-state index in [-0.39, 0.29) is 16.7 Å². The van der Waals surface area contributed by atoms with Crippen molar-refractivity contribution >= 4 is 37.4 Å². The molecule has 0 heterocycles. The van der Waals surface area contributed by atoms with E-state index in [1.165, 1.54) is 20.7 Å². The Kier molecular flexibility index (Phi) is 20.4. The molecule has 0 saturated carbocycles. The fourth-order valence-corrected chi connectivity index (χ4v) is 16.6. The Morgan fingerprint density at radius 3 is 1.14 bits per heavy atom. The van der Waals surface area contributed by atoms with Crippen LogP contribution in [0.1, 0.15) is 92.9 Å². The summed E-state index contributed by atoms with van der Waals surface area (Å²) in [5.74, 6) is 0. The SMILES string of the molecule is CC(C)(C)[Si](OCC/C=C\CCCCN=[N+]=[N-])(c1ccccc1)c1ccccc1.CC(C)(C)[Si](OCC/C=C\CCCCO)(c1ccccc1)c1ccccc1. The first-order chi connectivity index (χ1) is 27.0. The molecule has 0 amide bonds. The van der Waals surface area contributed by atoms with Crippen LogP contribution in [-0.4, -0.2) is 48.1 Å². The molecule has 4 aromatic carbocycles. The number of unbranched alkanes of at least 4 members (excludes halogenated alkanes) is 4. The predicted molar refractivity (Wildman–Crippen MR) is 243 cm³/mol. The minimum atomic E-state index is -2.42. The van der Waals surface area contributed by atoms with Crippen molar-refractivity contribution in [3.8, 4) is 0 Å². The highest BCUT2D eigenvalue weighted by Crippen LogP contribution is 2.38. The lowest BCUT2D eigenvalue weighted by Crippen LogP contribution is -2.66. The van der Waals surface area contributed by atoms with E-state index in [1.54, 1.807) is 0 Å². The van der Waals surface area contributed by atoms with Crippen molar-refractivity contribution in [1.82, 2.24) is 0 Å². The van der Waals surface area contributed by atoms with Crippen LogP contribution in [0.25, 0.3) is 10.4 Å². The van der Waals surface area contributed by atoms with Crippen molar-refractivity contribution in [2.75, 3.05) is 26.4 Å². The molecule has 8 heteroatoms. The maximum absolute atomic E-state index is 8.85. The number of aliphatic hydroxyl groups excluding tert-OH is 1. The fraction of sp³-hybridized carbons (Fsp3) is 0.417. The molecule has 0 spiro atoms. The Hall–Kier alpha value is -4.02. The molecule has 0 radical (unpaired) electrons. The lowest BCUT2D eigenvalue weighted by atomic mass is 10.2. The standard InChI is InChI=1S/C24H33N3OSi.C24H34O2Si/c1-24(2,3)29(22-16-10-8-11-17-22,23-18-12-9-13-19-23)28-21-15-7-5-4-6-14-20-26-27-25;1-24(2,3)27(22-16-10-8-11-17-22,23-18-12-9-13-19-23)26-21-15-7-5-4-6-14-20-25/h5,7-13,16-19H,4,6,14-15,20-21H2,1-3H3;5,7-13,16-19,25H,4,6,14-15,20-21H2,1-3H3/b2*7-5-. The molecule has 56 heavy (non-hydrogen) atoms. The normalized spacial score (nSPS) is 12.3. The van der Waals surface area contributed by atoms with Crippen molar-refractivity contribution in [2.24, 2.45) is 5.11 Å². The summed E-state index contributed by atoms with van der Waals surface area (Å²) in [6.07, 6.45) is 16.6. The number of aliphatic hydroxyl groups is 1. The third-order valence-corrected chi connectivity index (χ3v) is 20.2. The number of rotatable bonds is 21. The molecule has 0 aliphatic carbocycles. The Morgan fingerprint density at radius 2 is 0.839 bits per heavy atom. The molecule has 0 fully saturated rings. The molecular weight excluding hydrogens is 723 g/mol. The van der Waals surface area contributed by atoms with Crippen LogP contribution in [0.2, 0.25) is 10.1 Å². The van der Waals surface area contributed by atoms with Gasteiger partial charge in [-0.2, -0.15) is 0 Å². The fourth-order valence-electron chi connectivity index (χ4n) is 7.42. The van der Waals surface area contributed by atoms with E-state index >= 15 is 0 Å². The first-order valence-electron chi connectivity index (χ1n) is 20.5. The molecule has 300 valence electrons. The van der Waals surface area contributed by atoms with Gasteiger partial charge in [0.1, 0.15) is 0 Å². The third kappa shape index (κ3) is 13.6.